The number of fused-ring (bicyclic) bond motifs is 1. The zero-order valence-corrected chi connectivity index (χ0v) is 15.1. The van der Waals surface area contributed by atoms with E-state index in [4.69, 9.17) is 5.73 Å². The molecule has 0 atom stereocenters. The average Bonchev–Trinajstić information content (AvgIpc) is 2.89. The topological polar surface area (TPSA) is 84.1 Å². The molecule has 6 nitrogen and oxygen atoms in total. The molecule has 2 fully saturated rings. The lowest BCUT2D eigenvalue weighted by Gasteiger charge is -2.40. The first-order valence-corrected chi connectivity index (χ1v) is 8.82. The number of imidazole rings is 1. The summed E-state index contributed by atoms with van der Waals surface area (Å²) in [6.45, 7) is 1.40. The smallest absolute Gasteiger partial charge is 0.326 e. The van der Waals surface area contributed by atoms with Crippen LogP contribution in [0.15, 0.2) is 29.1 Å². The number of likely N-dealkylation sites (tertiary alicyclic amines) is 1. The van der Waals surface area contributed by atoms with Crippen LogP contribution in [0.1, 0.15) is 44.6 Å². The first-order chi connectivity index (χ1) is 11.6. The van der Waals surface area contributed by atoms with Crippen LogP contribution in [0.25, 0.3) is 11.0 Å². The summed E-state index contributed by atoms with van der Waals surface area (Å²) in [4.78, 5) is 29.6. The third kappa shape index (κ3) is 3.33. The first kappa shape index (κ1) is 18.0. The Hall–Kier alpha value is -1.79. The molecule has 2 aliphatic rings. The van der Waals surface area contributed by atoms with Gasteiger partial charge in [0.1, 0.15) is 0 Å². The number of nitrogens with two attached hydrogens (primary N) is 1. The number of rotatable bonds is 3. The Morgan fingerprint density at radius 3 is 2.56 bits per heavy atom. The molecule has 0 spiro atoms. The summed E-state index contributed by atoms with van der Waals surface area (Å²) in [6.07, 6.45) is 5.13. The van der Waals surface area contributed by atoms with Crippen LogP contribution in [0, 0.1) is 0 Å². The summed E-state index contributed by atoms with van der Waals surface area (Å²) in [6, 6.07) is 7.91. The lowest BCUT2D eigenvalue weighted by atomic mass is 9.75. The second kappa shape index (κ2) is 6.84. The fourth-order valence-electron chi connectivity index (χ4n) is 4.03. The number of hydrogen-bond acceptors (Lipinski definition) is 3. The predicted octanol–water partition coefficient (Wildman–Crippen LogP) is 2.19. The standard InChI is InChI=1S/C18H24N4O2.ClH/c19-18(8-3-9-18)12-16(23)21-10-6-13(7-11-21)22-15-5-2-1-4-14(15)20-17(22)24;/h1-2,4-5,13H,3,6-12,19H2,(H,20,24);1H. The van der Waals surface area contributed by atoms with Gasteiger partial charge in [-0.3, -0.25) is 9.36 Å². The number of para-hydroxylation sites is 2. The SMILES string of the molecule is Cl.NC1(CC(=O)N2CCC(n3c(=O)[nH]c4ccccc43)CC2)CCC1. The van der Waals surface area contributed by atoms with Crippen molar-refractivity contribution in [2.45, 2.75) is 50.1 Å². The second-order valence-corrected chi connectivity index (χ2v) is 7.32. The third-order valence-corrected chi connectivity index (χ3v) is 5.66. The van der Waals surface area contributed by atoms with Crippen molar-refractivity contribution >= 4 is 29.3 Å². The lowest BCUT2D eigenvalue weighted by Crippen LogP contribution is -2.51. The molecule has 1 aliphatic heterocycles. The maximum absolute atomic E-state index is 12.5. The number of nitrogens with one attached hydrogen (secondary N) is 1. The van der Waals surface area contributed by atoms with E-state index in [0.717, 1.165) is 43.1 Å². The number of aromatic nitrogens is 2. The molecule has 1 amide bonds. The molecule has 0 radical (unpaired) electrons. The number of amides is 1. The fraction of sp³-hybridized carbons (Fsp3) is 0.556. The Kier molecular flexibility index (Phi) is 4.93. The van der Waals surface area contributed by atoms with Gasteiger partial charge >= 0.3 is 5.69 Å². The number of hydrogen-bond donors (Lipinski definition) is 2. The summed E-state index contributed by atoms with van der Waals surface area (Å²) in [5.41, 5.74) is 7.70. The highest BCUT2D eigenvalue weighted by molar-refractivity contribution is 5.85. The summed E-state index contributed by atoms with van der Waals surface area (Å²) < 4.78 is 1.85. The Morgan fingerprint density at radius 1 is 1.24 bits per heavy atom. The third-order valence-electron chi connectivity index (χ3n) is 5.66. The molecule has 2 heterocycles. The van der Waals surface area contributed by atoms with Crippen LogP contribution in [0.2, 0.25) is 0 Å². The molecule has 1 saturated heterocycles. The molecule has 1 aromatic heterocycles. The van der Waals surface area contributed by atoms with Crippen molar-refractivity contribution < 1.29 is 4.79 Å². The van der Waals surface area contributed by atoms with E-state index in [9.17, 15) is 9.59 Å². The minimum absolute atomic E-state index is 0. The van der Waals surface area contributed by atoms with Gasteiger partial charge in [-0.25, -0.2) is 4.79 Å². The van der Waals surface area contributed by atoms with E-state index in [0.29, 0.717) is 19.5 Å². The molecule has 2 aromatic rings. The van der Waals surface area contributed by atoms with E-state index in [1.165, 1.54) is 0 Å². The highest BCUT2D eigenvalue weighted by atomic mass is 35.5. The maximum atomic E-state index is 12.5. The van der Waals surface area contributed by atoms with Crippen molar-refractivity contribution in [3.05, 3.63) is 34.7 Å². The van der Waals surface area contributed by atoms with Gasteiger partial charge in [0.15, 0.2) is 0 Å². The van der Waals surface area contributed by atoms with Gasteiger partial charge in [-0.1, -0.05) is 12.1 Å². The van der Waals surface area contributed by atoms with Crippen molar-refractivity contribution in [1.29, 1.82) is 0 Å². The molecule has 136 valence electrons. The van der Waals surface area contributed by atoms with Crippen LogP contribution >= 0.6 is 12.4 Å². The highest BCUT2D eigenvalue weighted by Gasteiger charge is 2.36. The Morgan fingerprint density at radius 2 is 1.92 bits per heavy atom. The summed E-state index contributed by atoms with van der Waals surface area (Å²) in [5, 5.41) is 0. The number of benzene rings is 1. The number of carbonyl (C=O) groups is 1. The largest absolute Gasteiger partial charge is 0.342 e. The van der Waals surface area contributed by atoms with Crippen LogP contribution < -0.4 is 11.4 Å². The van der Waals surface area contributed by atoms with Gasteiger partial charge in [0, 0.05) is 31.1 Å². The minimum atomic E-state index is -0.262. The number of halogens is 1. The molecular weight excluding hydrogens is 340 g/mol. The van der Waals surface area contributed by atoms with Gasteiger partial charge in [0.2, 0.25) is 5.91 Å². The normalized spacial score (nSPS) is 20.1. The Balaban J connectivity index is 0.00000182. The van der Waals surface area contributed by atoms with E-state index in [-0.39, 0.29) is 35.6 Å². The van der Waals surface area contributed by atoms with E-state index < -0.39 is 0 Å². The number of carbonyl (C=O) groups excluding carboxylic acids is 1. The van der Waals surface area contributed by atoms with Gasteiger partial charge in [0.25, 0.3) is 0 Å². The Bertz CT molecular complexity index is 816. The predicted molar refractivity (Wildman–Crippen MR) is 100 cm³/mol. The first-order valence-electron chi connectivity index (χ1n) is 8.82. The van der Waals surface area contributed by atoms with E-state index >= 15 is 0 Å². The molecule has 1 aliphatic carbocycles. The molecule has 1 aromatic carbocycles. The van der Waals surface area contributed by atoms with Crippen molar-refractivity contribution in [3.8, 4) is 0 Å². The zero-order chi connectivity index (χ0) is 16.7. The zero-order valence-electron chi connectivity index (χ0n) is 14.2. The van der Waals surface area contributed by atoms with Crippen LogP contribution in [-0.4, -0.2) is 39.0 Å². The second-order valence-electron chi connectivity index (χ2n) is 7.32. The molecule has 25 heavy (non-hydrogen) atoms. The Labute approximate surface area is 152 Å². The van der Waals surface area contributed by atoms with Crippen LogP contribution in [0.5, 0.6) is 0 Å². The van der Waals surface area contributed by atoms with Gasteiger partial charge in [0.05, 0.1) is 11.0 Å². The molecule has 3 N–H and O–H groups in total. The van der Waals surface area contributed by atoms with E-state index in [1.54, 1.807) is 0 Å². The molecule has 1 saturated carbocycles. The van der Waals surface area contributed by atoms with Gasteiger partial charge in [-0.2, -0.15) is 0 Å². The highest BCUT2D eigenvalue weighted by Crippen LogP contribution is 2.33. The van der Waals surface area contributed by atoms with Crippen LogP contribution in [0.4, 0.5) is 0 Å². The summed E-state index contributed by atoms with van der Waals surface area (Å²) >= 11 is 0. The molecule has 0 bridgehead atoms. The van der Waals surface area contributed by atoms with Crippen molar-refractivity contribution in [2.75, 3.05) is 13.1 Å². The molecular formula is C18H25ClN4O2. The number of piperidine rings is 1. The van der Waals surface area contributed by atoms with Gasteiger partial charge in [-0.15, -0.1) is 12.4 Å². The summed E-state index contributed by atoms with van der Waals surface area (Å²) in [7, 11) is 0. The van der Waals surface area contributed by atoms with Crippen LogP contribution in [-0.2, 0) is 4.79 Å². The van der Waals surface area contributed by atoms with Crippen molar-refractivity contribution in [1.82, 2.24) is 14.5 Å². The minimum Gasteiger partial charge on any atom is -0.342 e. The monoisotopic (exact) mass is 364 g/mol. The molecule has 0 unspecified atom stereocenters. The molecule has 7 heteroatoms. The van der Waals surface area contributed by atoms with E-state index in [2.05, 4.69) is 4.98 Å². The molecule has 4 rings (SSSR count). The quantitative estimate of drug-likeness (QED) is 0.875. The number of nitrogens with zero attached hydrogens (tertiary/aromatic N) is 2. The van der Waals surface area contributed by atoms with Gasteiger partial charge < -0.3 is 15.6 Å². The summed E-state index contributed by atoms with van der Waals surface area (Å²) in [5.74, 6) is 0.168. The number of H-pyrrole nitrogens is 1. The fourth-order valence-corrected chi connectivity index (χ4v) is 4.03. The van der Waals surface area contributed by atoms with Gasteiger partial charge in [-0.05, 0) is 44.2 Å². The van der Waals surface area contributed by atoms with Crippen molar-refractivity contribution in [2.24, 2.45) is 5.73 Å². The average molecular weight is 365 g/mol. The maximum Gasteiger partial charge on any atom is 0.326 e. The number of aromatic amines is 1. The lowest BCUT2D eigenvalue weighted by molar-refractivity contribution is -0.134. The van der Waals surface area contributed by atoms with E-state index in [1.807, 2.05) is 33.7 Å². The van der Waals surface area contributed by atoms with Crippen LogP contribution in [0.3, 0.4) is 0 Å². The van der Waals surface area contributed by atoms with Crippen molar-refractivity contribution in [3.63, 3.8) is 0 Å².